The molecule has 2 aromatic rings. The average Bonchev–Trinajstić information content (AvgIpc) is 2.59. The third-order valence-corrected chi connectivity index (χ3v) is 4.96. The van der Waals surface area contributed by atoms with Crippen LogP contribution in [-0.2, 0) is 4.84 Å². The molecule has 0 heterocycles. The minimum Gasteiger partial charge on any atom is -0.391 e. The summed E-state index contributed by atoms with van der Waals surface area (Å²) >= 11 is 14.2. The normalized spacial score (nSPS) is 12.1. The molecule has 0 bridgehead atoms. The minimum atomic E-state index is -0.708. The van der Waals surface area contributed by atoms with Gasteiger partial charge in [0.05, 0.1) is 33.1 Å². The Labute approximate surface area is 186 Å². The zero-order valence-corrected chi connectivity index (χ0v) is 18.9. The van der Waals surface area contributed by atoms with Gasteiger partial charge in [0.1, 0.15) is 12.4 Å². The van der Waals surface area contributed by atoms with E-state index in [1.165, 1.54) is 6.07 Å². The number of amides is 1. The summed E-state index contributed by atoms with van der Waals surface area (Å²) in [7, 11) is 0. The molecule has 0 radical (unpaired) electrons. The second-order valence-corrected chi connectivity index (χ2v) is 8.65. The first kappa shape index (κ1) is 23.2. The summed E-state index contributed by atoms with van der Waals surface area (Å²) in [6.07, 6.45) is -0.170. The highest BCUT2D eigenvalue weighted by Gasteiger charge is 2.17. The Balaban J connectivity index is 2.16. The standard InChI is InChI=1S/C19H20Cl2FIN2O3/c1-10(2)5-12(26)9-28-25-19(27)13-7-14(20)16(22)8-18(13)24-17-4-3-11(23)6-15(17)21/h3-4,6-8,10,12,24,26H,5,9H2,1-2H3,(H,25,27). The van der Waals surface area contributed by atoms with Gasteiger partial charge < -0.3 is 10.4 Å². The van der Waals surface area contributed by atoms with Crippen molar-refractivity contribution in [3.05, 3.63) is 55.3 Å². The van der Waals surface area contributed by atoms with Gasteiger partial charge in [0.25, 0.3) is 5.91 Å². The monoisotopic (exact) mass is 540 g/mol. The molecule has 5 nitrogen and oxygen atoms in total. The zero-order valence-electron chi connectivity index (χ0n) is 15.2. The van der Waals surface area contributed by atoms with Gasteiger partial charge in [-0.25, -0.2) is 9.87 Å². The van der Waals surface area contributed by atoms with Gasteiger partial charge in [0.15, 0.2) is 0 Å². The summed E-state index contributed by atoms with van der Waals surface area (Å²) in [5, 5.41) is 13.0. The summed E-state index contributed by atoms with van der Waals surface area (Å²) in [5.74, 6) is -1.03. The highest BCUT2D eigenvalue weighted by molar-refractivity contribution is 14.1. The number of hydrogen-bond acceptors (Lipinski definition) is 4. The molecule has 0 aliphatic heterocycles. The Morgan fingerprint density at radius 1 is 1.21 bits per heavy atom. The predicted molar refractivity (Wildman–Crippen MR) is 118 cm³/mol. The van der Waals surface area contributed by atoms with Crippen molar-refractivity contribution >= 4 is 63.1 Å². The lowest BCUT2D eigenvalue weighted by atomic mass is 10.1. The van der Waals surface area contributed by atoms with Crippen LogP contribution >= 0.6 is 45.8 Å². The second kappa shape index (κ2) is 10.6. The summed E-state index contributed by atoms with van der Waals surface area (Å²) in [4.78, 5) is 17.6. The van der Waals surface area contributed by atoms with Crippen molar-refractivity contribution < 1.29 is 19.1 Å². The van der Waals surface area contributed by atoms with E-state index in [1.54, 1.807) is 12.1 Å². The van der Waals surface area contributed by atoms with E-state index < -0.39 is 17.8 Å². The lowest BCUT2D eigenvalue weighted by Crippen LogP contribution is -2.29. The Hall–Kier alpha value is -1.13. The van der Waals surface area contributed by atoms with Gasteiger partial charge >= 0.3 is 0 Å². The smallest absolute Gasteiger partial charge is 0.277 e. The van der Waals surface area contributed by atoms with Crippen LogP contribution in [0.5, 0.6) is 0 Å². The van der Waals surface area contributed by atoms with E-state index >= 15 is 0 Å². The fraction of sp³-hybridized carbons (Fsp3) is 0.316. The van der Waals surface area contributed by atoms with Crippen molar-refractivity contribution in [2.75, 3.05) is 11.9 Å². The summed E-state index contributed by atoms with van der Waals surface area (Å²) in [6.45, 7) is 3.87. The topological polar surface area (TPSA) is 70.6 Å². The Bertz CT molecular complexity index is 852. The molecule has 0 aliphatic carbocycles. The number of anilines is 2. The molecule has 0 aliphatic rings. The molecule has 0 saturated carbocycles. The lowest BCUT2D eigenvalue weighted by Gasteiger charge is -2.16. The van der Waals surface area contributed by atoms with Crippen molar-refractivity contribution in [2.24, 2.45) is 5.92 Å². The Morgan fingerprint density at radius 3 is 2.57 bits per heavy atom. The van der Waals surface area contributed by atoms with E-state index in [0.29, 0.717) is 23.0 Å². The molecule has 1 unspecified atom stereocenters. The van der Waals surface area contributed by atoms with Crippen molar-refractivity contribution in [3.8, 4) is 0 Å². The number of benzene rings is 2. The SMILES string of the molecule is CC(C)CC(O)CONC(=O)c1cc(Cl)c(F)cc1Nc1ccc(I)cc1Cl. The van der Waals surface area contributed by atoms with Crippen LogP contribution in [0.1, 0.15) is 30.6 Å². The van der Waals surface area contributed by atoms with Gasteiger partial charge in [-0.05, 0) is 65.3 Å². The lowest BCUT2D eigenvalue weighted by molar-refractivity contribution is -0.0181. The molecule has 2 rings (SSSR count). The molecule has 0 aromatic heterocycles. The number of aliphatic hydroxyl groups excluding tert-OH is 1. The van der Waals surface area contributed by atoms with Crippen molar-refractivity contribution in [1.82, 2.24) is 5.48 Å². The third-order valence-electron chi connectivity index (χ3n) is 3.69. The molecule has 152 valence electrons. The highest BCUT2D eigenvalue weighted by Crippen LogP contribution is 2.31. The Morgan fingerprint density at radius 2 is 1.93 bits per heavy atom. The van der Waals surface area contributed by atoms with Gasteiger partial charge in [0, 0.05) is 3.57 Å². The van der Waals surface area contributed by atoms with Crippen LogP contribution in [0.3, 0.4) is 0 Å². The van der Waals surface area contributed by atoms with Gasteiger partial charge in [-0.1, -0.05) is 37.0 Å². The second-order valence-electron chi connectivity index (χ2n) is 6.59. The molecule has 0 fully saturated rings. The van der Waals surface area contributed by atoms with E-state index in [0.717, 1.165) is 9.64 Å². The maximum atomic E-state index is 14.0. The van der Waals surface area contributed by atoms with Crippen LogP contribution < -0.4 is 10.8 Å². The maximum Gasteiger partial charge on any atom is 0.277 e. The summed E-state index contributed by atoms with van der Waals surface area (Å²) < 4.78 is 14.9. The van der Waals surface area contributed by atoms with Crippen LogP contribution in [0.4, 0.5) is 15.8 Å². The first-order valence-electron chi connectivity index (χ1n) is 8.48. The van der Waals surface area contributed by atoms with Gasteiger partial charge in [-0.15, -0.1) is 0 Å². The number of halogens is 4. The van der Waals surface area contributed by atoms with Crippen LogP contribution in [0.25, 0.3) is 0 Å². The molecule has 2 aromatic carbocycles. The first-order chi connectivity index (χ1) is 13.2. The number of carbonyl (C=O) groups is 1. The molecule has 3 N–H and O–H groups in total. The van der Waals surface area contributed by atoms with E-state index in [-0.39, 0.29) is 22.9 Å². The molecular formula is C19H20Cl2FIN2O3. The predicted octanol–water partition coefficient (Wildman–Crippen LogP) is 5.55. The molecule has 28 heavy (non-hydrogen) atoms. The molecule has 1 atom stereocenters. The van der Waals surface area contributed by atoms with Crippen LogP contribution in [0.2, 0.25) is 10.0 Å². The number of rotatable bonds is 8. The quantitative estimate of drug-likeness (QED) is 0.303. The van der Waals surface area contributed by atoms with Crippen LogP contribution in [0.15, 0.2) is 30.3 Å². The molecule has 1 amide bonds. The fourth-order valence-electron chi connectivity index (χ4n) is 2.44. The molecule has 0 saturated heterocycles. The van der Waals surface area contributed by atoms with Crippen LogP contribution in [-0.4, -0.2) is 23.7 Å². The Kier molecular flexibility index (Phi) is 8.76. The van der Waals surface area contributed by atoms with Crippen LogP contribution in [0, 0.1) is 15.3 Å². The van der Waals surface area contributed by atoms with Crippen molar-refractivity contribution in [3.63, 3.8) is 0 Å². The van der Waals surface area contributed by atoms with Crippen molar-refractivity contribution in [1.29, 1.82) is 0 Å². The van der Waals surface area contributed by atoms with E-state index in [9.17, 15) is 14.3 Å². The van der Waals surface area contributed by atoms with Gasteiger partial charge in [-0.3, -0.25) is 9.63 Å². The average molecular weight is 541 g/mol. The molecule has 9 heteroatoms. The highest BCUT2D eigenvalue weighted by atomic mass is 127. The fourth-order valence-corrected chi connectivity index (χ4v) is 3.51. The molecule has 0 spiro atoms. The van der Waals surface area contributed by atoms with Gasteiger partial charge in [-0.2, -0.15) is 0 Å². The van der Waals surface area contributed by atoms with E-state index in [1.807, 2.05) is 19.9 Å². The first-order valence-corrected chi connectivity index (χ1v) is 10.3. The summed E-state index contributed by atoms with van der Waals surface area (Å²) in [5.41, 5.74) is 2.99. The largest absolute Gasteiger partial charge is 0.391 e. The number of carbonyl (C=O) groups excluding carboxylic acids is 1. The third kappa shape index (κ3) is 6.73. The van der Waals surface area contributed by atoms with Crippen molar-refractivity contribution in [2.45, 2.75) is 26.4 Å². The minimum absolute atomic E-state index is 0.0649. The number of hydroxylamine groups is 1. The number of hydrogen-bond donors (Lipinski definition) is 3. The molecular weight excluding hydrogens is 521 g/mol. The number of nitrogens with one attached hydrogen (secondary N) is 2. The van der Waals surface area contributed by atoms with E-state index in [2.05, 4.69) is 33.4 Å². The maximum absolute atomic E-state index is 14.0. The number of aliphatic hydroxyl groups is 1. The van der Waals surface area contributed by atoms with Gasteiger partial charge in [0.2, 0.25) is 0 Å². The summed E-state index contributed by atoms with van der Waals surface area (Å²) in [6, 6.07) is 7.58. The zero-order chi connectivity index (χ0) is 20.8. The van der Waals surface area contributed by atoms with E-state index in [4.69, 9.17) is 28.0 Å².